The average Bonchev–Trinajstić information content (AvgIpc) is 2.50. The molecule has 2 unspecified atom stereocenters. The molecule has 2 atom stereocenters. The van der Waals surface area contributed by atoms with E-state index >= 15 is 0 Å². The lowest BCUT2D eigenvalue weighted by atomic mass is 9.84. The highest BCUT2D eigenvalue weighted by atomic mass is 16.2. The summed E-state index contributed by atoms with van der Waals surface area (Å²) in [5.74, 6) is -0.0540. The Hall–Kier alpha value is -1.63. The Morgan fingerprint density at radius 2 is 1.64 bits per heavy atom. The van der Waals surface area contributed by atoms with Crippen molar-refractivity contribution >= 4 is 17.7 Å². The Morgan fingerprint density at radius 1 is 1.00 bits per heavy atom. The quantitative estimate of drug-likeness (QED) is 0.459. The molecule has 22 heavy (non-hydrogen) atoms. The van der Waals surface area contributed by atoms with E-state index in [4.69, 9.17) is 5.73 Å². The van der Waals surface area contributed by atoms with Crippen LogP contribution in [0.1, 0.15) is 45.4 Å². The van der Waals surface area contributed by atoms with Crippen molar-refractivity contribution in [1.82, 2.24) is 16.0 Å². The molecule has 0 spiro atoms. The fourth-order valence-electron chi connectivity index (χ4n) is 2.71. The van der Waals surface area contributed by atoms with Gasteiger partial charge in [0.1, 0.15) is 0 Å². The summed E-state index contributed by atoms with van der Waals surface area (Å²) in [5, 5.41) is 8.25. The molecule has 0 heterocycles. The Bertz CT molecular complexity index is 387. The predicted octanol–water partition coefficient (Wildman–Crippen LogP) is -0.347. The molecule has 1 rings (SSSR count). The van der Waals surface area contributed by atoms with E-state index in [2.05, 4.69) is 16.0 Å². The smallest absolute Gasteiger partial charge is 0.220 e. The zero-order chi connectivity index (χ0) is 16.4. The van der Waals surface area contributed by atoms with Gasteiger partial charge >= 0.3 is 0 Å². The number of carbonyl (C=O) groups is 3. The van der Waals surface area contributed by atoms with Crippen LogP contribution in [0, 0.1) is 5.92 Å². The lowest BCUT2D eigenvalue weighted by Crippen LogP contribution is -2.45. The lowest BCUT2D eigenvalue weighted by molar-refractivity contribution is -0.127. The van der Waals surface area contributed by atoms with Gasteiger partial charge in [-0.2, -0.15) is 0 Å². The molecule has 0 bridgehead atoms. The highest BCUT2D eigenvalue weighted by molar-refractivity contribution is 5.83. The molecule has 126 valence electrons. The van der Waals surface area contributed by atoms with Gasteiger partial charge in [-0.15, -0.1) is 0 Å². The van der Waals surface area contributed by atoms with Crippen molar-refractivity contribution in [3.8, 4) is 0 Å². The van der Waals surface area contributed by atoms with Crippen LogP contribution in [-0.2, 0) is 14.4 Å². The second kappa shape index (κ2) is 10.2. The third kappa shape index (κ3) is 7.40. The van der Waals surface area contributed by atoms with Gasteiger partial charge in [0.05, 0.1) is 0 Å². The zero-order valence-electron chi connectivity index (χ0n) is 13.3. The second-order valence-electron chi connectivity index (χ2n) is 5.79. The maximum atomic E-state index is 11.9. The van der Waals surface area contributed by atoms with Crippen LogP contribution in [0.25, 0.3) is 0 Å². The third-order valence-electron chi connectivity index (χ3n) is 3.96. The van der Waals surface area contributed by atoms with Crippen molar-refractivity contribution in [3.05, 3.63) is 0 Å². The molecule has 0 aromatic rings. The Kier molecular flexibility index (Phi) is 8.50. The average molecular weight is 312 g/mol. The molecule has 7 heteroatoms. The highest BCUT2D eigenvalue weighted by Crippen LogP contribution is 2.23. The van der Waals surface area contributed by atoms with Gasteiger partial charge in [-0.25, -0.2) is 0 Å². The SMILES string of the molecule is CC(=O)NCCNC(=O)CCC(=O)NC1CCCCC1CN. The van der Waals surface area contributed by atoms with Crippen LogP contribution in [0.3, 0.4) is 0 Å². The predicted molar refractivity (Wildman–Crippen MR) is 83.9 cm³/mol. The van der Waals surface area contributed by atoms with Gasteiger partial charge < -0.3 is 21.7 Å². The molecule has 0 aromatic heterocycles. The number of rotatable bonds is 8. The van der Waals surface area contributed by atoms with Crippen molar-refractivity contribution in [3.63, 3.8) is 0 Å². The standard InChI is InChI=1S/C15H28N4O3/c1-11(20)17-8-9-18-14(21)6-7-15(22)19-13-5-3-2-4-12(13)10-16/h12-13H,2-10,16H2,1H3,(H,17,20)(H,18,21)(H,19,22). The summed E-state index contributed by atoms with van der Waals surface area (Å²) in [6.45, 7) is 2.78. The van der Waals surface area contributed by atoms with Crippen LogP contribution >= 0.6 is 0 Å². The molecule has 0 aromatic carbocycles. The maximum Gasteiger partial charge on any atom is 0.220 e. The highest BCUT2D eigenvalue weighted by Gasteiger charge is 2.25. The Balaban J connectivity index is 2.16. The number of amides is 3. The summed E-state index contributed by atoms with van der Waals surface area (Å²) in [6, 6.07) is 0.147. The van der Waals surface area contributed by atoms with Crippen molar-refractivity contribution < 1.29 is 14.4 Å². The molecule has 0 aliphatic heterocycles. The van der Waals surface area contributed by atoms with Gasteiger partial charge in [0.2, 0.25) is 17.7 Å². The summed E-state index contributed by atoms with van der Waals surface area (Å²) in [6.07, 6.45) is 4.66. The van der Waals surface area contributed by atoms with Gasteiger partial charge in [-0.05, 0) is 25.3 Å². The molecule has 5 N–H and O–H groups in total. The first kappa shape index (κ1) is 18.4. The van der Waals surface area contributed by atoms with Crippen molar-refractivity contribution in [2.24, 2.45) is 11.7 Å². The first-order valence-electron chi connectivity index (χ1n) is 8.03. The summed E-state index contributed by atoms with van der Waals surface area (Å²) >= 11 is 0. The first-order valence-corrected chi connectivity index (χ1v) is 8.03. The summed E-state index contributed by atoms with van der Waals surface area (Å²) in [5.41, 5.74) is 5.74. The van der Waals surface area contributed by atoms with Crippen molar-refractivity contribution in [1.29, 1.82) is 0 Å². The number of carbonyl (C=O) groups excluding carboxylic acids is 3. The zero-order valence-corrected chi connectivity index (χ0v) is 13.3. The molecule has 0 saturated heterocycles. The summed E-state index contributed by atoms with van der Waals surface area (Å²) in [4.78, 5) is 34.1. The molecular formula is C15H28N4O3. The largest absolute Gasteiger partial charge is 0.355 e. The van der Waals surface area contributed by atoms with Gasteiger partial charge in [-0.1, -0.05) is 12.8 Å². The second-order valence-corrected chi connectivity index (χ2v) is 5.79. The Morgan fingerprint density at radius 3 is 2.32 bits per heavy atom. The number of hydrogen-bond donors (Lipinski definition) is 4. The molecule has 1 fully saturated rings. The molecule has 0 radical (unpaired) electrons. The minimum Gasteiger partial charge on any atom is -0.355 e. The molecule has 3 amide bonds. The normalized spacial score (nSPS) is 21.0. The van der Waals surface area contributed by atoms with E-state index in [9.17, 15) is 14.4 Å². The van der Waals surface area contributed by atoms with E-state index < -0.39 is 0 Å². The Labute approximate surface area is 131 Å². The summed E-state index contributed by atoms with van der Waals surface area (Å²) < 4.78 is 0. The van der Waals surface area contributed by atoms with E-state index in [1.807, 2.05) is 0 Å². The minimum atomic E-state index is -0.181. The topological polar surface area (TPSA) is 113 Å². The van der Waals surface area contributed by atoms with E-state index in [0.717, 1.165) is 19.3 Å². The number of hydrogen-bond acceptors (Lipinski definition) is 4. The van der Waals surface area contributed by atoms with Crippen LogP contribution in [0.2, 0.25) is 0 Å². The summed E-state index contributed by atoms with van der Waals surface area (Å²) in [7, 11) is 0. The first-order chi connectivity index (χ1) is 10.5. The van der Waals surface area contributed by atoms with E-state index in [1.165, 1.54) is 13.3 Å². The van der Waals surface area contributed by atoms with E-state index in [-0.39, 0.29) is 36.6 Å². The van der Waals surface area contributed by atoms with E-state index in [1.54, 1.807) is 0 Å². The molecule has 1 saturated carbocycles. The van der Waals surface area contributed by atoms with Gasteiger partial charge in [0.25, 0.3) is 0 Å². The third-order valence-corrected chi connectivity index (χ3v) is 3.96. The minimum absolute atomic E-state index is 0.0950. The lowest BCUT2D eigenvalue weighted by Gasteiger charge is -2.31. The van der Waals surface area contributed by atoms with Gasteiger partial charge in [-0.3, -0.25) is 14.4 Å². The van der Waals surface area contributed by atoms with Crippen LogP contribution < -0.4 is 21.7 Å². The molecule has 1 aliphatic carbocycles. The van der Waals surface area contributed by atoms with Gasteiger partial charge in [0, 0.05) is 38.9 Å². The van der Waals surface area contributed by atoms with Crippen LogP contribution in [0.4, 0.5) is 0 Å². The maximum absolute atomic E-state index is 11.9. The number of nitrogens with one attached hydrogen (secondary N) is 3. The fourth-order valence-corrected chi connectivity index (χ4v) is 2.71. The van der Waals surface area contributed by atoms with Crippen LogP contribution in [0.15, 0.2) is 0 Å². The monoisotopic (exact) mass is 312 g/mol. The van der Waals surface area contributed by atoms with Crippen LogP contribution in [-0.4, -0.2) is 43.4 Å². The van der Waals surface area contributed by atoms with Crippen molar-refractivity contribution in [2.45, 2.75) is 51.5 Å². The van der Waals surface area contributed by atoms with Gasteiger partial charge in [0.15, 0.2) is 0 Å². The fraction of sp³-hybridized carbons (Fsp3) is 0.800. The van der Waals surface area contributed by atoms with E-state index in [0.29, 0.717) is 25.6 Å². The molecule has 1 aliphatic rings. The molecule has 7 nitrogen and oxygen atoms in total. The molecular weight excluding hydrogens is 284 g/mol. The number of nitrogens with two attached hydrogens (primary N) is 1. The van der Waals surface area contributed by atoms with Crippen LogP contribution in [0.5, 0.6) is 0 Å². The van der Waals surface area contributed by atoms with Crippen molar-refractivity contribution in [2.75, 3.05) is 19.6 Å².